The van der Waals surface area contributed by atoms with Crippen LogP contribution in [0, 0.1) is 0 Å². The number of thiol groups is 1. The van der Waals surface area contributed by atoms with E-state index in [-0.39, 0.29) is 12.2 Å². The lowest BCUT2D eigenvalue weighted by Gasteiger charge is -2.03. The van der Waals surface area contributed by atoms with Crippen LogP contribution >= 0.6 is 12.6 Å². The van der Waals surface area contributed by atoms with E-state index in [0.29, 0.717) is 13.0 Å². The largest absolute Gasteiger partial charge is 0.465 e. The van der Waals surface area contributed by atoms with Gasteiger partial charge in [0.1, 0.15) is 12.2 Å². The second-order valence-corrected chi connectivity index (χ2v) is 4.03. The molecule has 0 aliphatic carbocycles. The highest BCUT2D eigenvalue weighted by Crippen LogP contribution is 2.08. The molecule has 0 spiro atoms. The van der Waals surface area contributed by atoms with Crippen LogP contribution in [0.5, 0.6) is 0 Å². The molecule has 0 aliphatic heterocycles. The maximum absolute atomic E-state index is 11.0. The number of ketones is 1. The molecular weight excluding hydrogens is 224 g/mol. The van der Waals surface area contributed by atoms with E-state index in [1.807, 2.05) is 24.3 Å². The fraction of sp³-hybridized carbons (Fsp3) is 0.333. The molecule has 0 N–H and O–H groups in total. The van der Waals surface area contributed by atoms with Crippen LogP contribution < -0.4 is 0 Å². The van der Waals surface area contributed by atoms with Crippen LogP contribution in [0.1, 0.15) is 18.9 Å². The van der Waals surface area contributed by atoms with Crippen LogP contribution in [0.3, 0.4) is 0 Å². The molecule has 4 heteroatoms. The Hall–Kier alpha value is -1.29. The van der Waals surface area contributed by atoms with Gasteiger partial charge in [-0.1, -0.05) is 12.1 Å². The molecule has 1 aromatic rings. The molecule has 0 aliphatic rings. The van der Waals surface area contributed by atoms with Crippen LogP contribution in [0.15, 0.2) is 29.2 Å². The van der Waals surface area contributed by atoms with Crippen LogP contribution in [-0.2, 0) is 20.7 Å². The van der Waals surface area contributed by atoms with E-state index in [0.717, 1.165) is 10.5 Å². The van der Waals surface area contributed by atoms with Crippen LogP contribution in [-0.4, -0.2) is 18.4 Å². The number of carbonyl (C=O) groups excluding carboxylic acids is 2. The van der Waals surface area contributed by atoms with Gasteiger partial charge < -0.3 is 4.74 Å². The Morgan fingerprint density at radius 3 is 2.44 bits per heavy atom. The van der Waals surface area contributed by atoms with E-state index < -0.39 is 5.97 Å². The maximum atomic E-state index is 11.0. The van der Waals surface area contributed by atoms with Gasteiger partial charge in [-0.3, -0.25) is 9.59 Å². The first-order valence-corrected chi connectivity index (χ1v) is 5.45. The monoisotopic (exact) mass is 238 g/mol. The molecule has 0 atom stereocenters. The first-order chi connectivity index (χ1) is 7.58. The van der Waals surface area contributed by atoms with Gasteiger partial charge in [-0.05, 0) is 24.6 Å². The molecule has 0 aromatic heterocycles. The van der Waals surface area contributed by atoms with Gasteiger partial charge in [-0.15, -0.1) is 12.6 Å². The van der Waals surface area contributed by atoms with Crippen LogP contribution in [0.25, 0.3) is 0 Å². The minimum atomic E-state index is -0.460. The van der Waals surface area contributed by atoms with Crippen LogP contribution in [0.4, 0.5) is 0 Å². The maximum Gasteiger partial charge on any atom is 0.313 e. The molecule has 0 fully saturated rings. The number of hydrogen-bond acceptors (Lipinski definition) is 4. The van der Waals surface area contributed by atoms with Crippen molar-refractivity contribution in [3.63, 3.8) is 0 Å². The molecule has 0 heterocycles. The fourth-order valence-corrected chi connectivity index (χ4v) is 1.35. The zero-order valence-electron chi connectivity index (χ0n) is 9.10. The predicted molar refractivity (Wildman–Crippen MR) is 63.7 cm³/mol. The second kappa shape index (κ2) is 6.33. The number of carbonyl (C=O) groups is 2. The summed E-state index contributed by atoms with van der Waals surface area (Å²) in [7, 11) is 0. The standard InChI is InChI=1S/C12H14O3S/c1-9(13)8-12(14)15-7-6-10-2-4-11(16)5-3-10/h2-5,16H,6-8H2,1H3. The van der Waals surface area contributed by atoms with Crippen molar-refractivity contribution in [3.05, 3.63) is 29.8 Å². The van der Waals surface area contributed by atoms with Crippen LogP contribution in [0.2, 0.25) is 0 Å². The molecule has 1 rings (SSSR count). The lowest BCUT2D eigenvalue weighted by molar-refractivity contribution is -0.145. The molecule has 1 aromatic carbocycles. The summed E-state index contributed by atoms with van der Waals surface area (Å²) in [4.78, 5) is 22.6. The van der Waals surface area contributed by atoms with Crippen molar-refractivity contribution in [3.8, 4) is 0 Å². The Morgan fingerprint density at radius 1 is 1.25 bits per heavy atom. The molecular formula is C12H14O3S. The SMILES string of the molecule is CC(=O)CC(=O)OCCc1ccc(S)cc1. The first kappa shape index (κ1) is 12.8. The Balaban J connectivity index is 2.28. The third-order valence-corrected chi connectivity index (χ3v) is 2.28. The van der Waals surface area contributed by atoms with E-state index in [2.05, 4.69) is 12.6 Å². The molecule has 0 saturated heterocycles. The second-order valence-electron chi connectivity index (χ2n) is 3.52. The smallest absolute Gasteiger partial charge is 0.313 e. The van der Waals surface area contributed by atoms with E-state index >= 15 is 0 Å². The molecule has 0 bridgehead atoms. The van der Waals surface area contributed by atoms with E-state index in [9.17, 15) is 9.59 Å². The Labute approximate surface area is 100 Å². The number of hydrogen-bond donors (Lipinski definition) is 1. The number of ether oxygens (including phenoxy) is 1. The topological polar surface area (TPSA) is 43.4 Å². The minimum Gasteiger partial charge on any atom is -0.465 e. The molecule has 0 amide bonds. The molecule has 3 nitrogen and oxygen atoms in total. The van der Waals surface area contributed by atoms with Gasteiger partial charge in [0.05, 0.1) is 6.61 Å². The van der Waals surface area contributed by atoms with E-state index in [4.69, 9.17) is 4.74 Å². The van der Waals surface area contributed by atoms with Crippen molar-refractivity contribution in [1.82, 2.24) is 0 Å². The highest BCUT2D eigenvalue weighted by molar-refractivity contribution is 7.80. The van der Waals surface area contributed by atoms with Gasteiger partial charge in [-0.25, -0.2) is 0 Å². The highest BCUT2D eigenvalue weighted by atomic mass is 32.1. The summed E-state index contributed by atoms with van der Waals surface area (Å²) < 4.78 is 4.91. The van der Waals surface area contributed by atoms with Crippen molar-refractivity contribution in [1.29, 1.82) is 0 Å². The quantitative estimate of drug-likeness (QED) is 0.485. The third-order valence-electron chi connectivity index (χ3n) is 1.98. The molecule has 0 radical (unpaired) electrons. The Morgan fingerprint density at radius 2 is 1.88 bits per heavy atom. The van der Waals surface area contributed by atoms with Gasteiger partial charge in [0.25, 0.3) is 0 Å². The molecule has 86 valence electrons. The fourth-order valence-electron chi connectivity index (χ4n) is 1.20. The molecule has 0 saturated carbocycles. The lowest BCUT2D eigenvalue weighted by atomic mass is 10.2. The van der Waals surface area contributed by atoms with Crippen molar-refractivity contribution >= 4 is 24.4 Å². The summed E-state index contributed by atoms with van der Waals surface area (Å²) in [6.45, 7) is 1.67. The Bertz CT molecular complexity index is 370. The number of Topliss-reactive ketones (excluding diaryl/α,β-unsaturated/α-hetero) is 1. The van der Waals surface area contributed by atoms with Crippen molar-refractivity contribution < 1.29 is 14.3 Å². The van der Waals surface area contributed by atoms with Gasteiger partial charge in [0, 0.05) is 11.3 Å². The van der Waals surface area contributed by atoms with Crippen molar-refractivity contribution in [2.45, 2.75) is 24.7 Å². The zero-order valence-corrected chi connectivity index (χ0v) is 10.00. The summed E-state index contributed by atoms with van der Waals surface area (Å²) in [5, 5.41) is 0. The van der Waals surface area contributed by atoms with Gasteiger partial charge >= 0.3 is 5.97 Å². The number of benzene rings is 1. The molecule has 0 unspecified atom stereocenters. The summed E-state index contributed by atoms with van der Waals surface area (Å²) >= 11 is 4.17. The Kier molecular flexibility index (Phi) is 5.05. The van der Waals surface area contributed by atoms with E-state index in [1.165, 1.54) is 6.92 Å². The number of rotatable bonds is 5. The van der Waals surface area contributed by atoms with Crippen molar-refractivity contribution in [2.75, 3.05) is 6.61 Å². The highest BCUT2D eigenvalue weighted by Gasteiger charge is 2.05. The number of esters is 1. The summed E-state index contributed by atoms with van der Waals surface area (Å²) in [6.07, 6.45) is 0.507. The van der Waals surface area contributed by atoms with Gasteiger partial charge in [-0.2, -0.15) is 0 Å². The predicted octanol–water partition coefficient (Wildman–Crippen LogP) is 2.04. The van der Waals surface area contributed by atoms with E-state index in [1.54, 1.807) is 0 Å². The summed E-state index contributed by atoms with van der Waals surface area (Å²) in [5.74, 6) is -0.636. The van der Waals surface area contributed by atoms with Gasteiger partial charge in [0.2, 0.25) is 0 Å². The average Bonchev–Trinajstić information content (AvgIpc) is 2.20. The third kappa shape index (κ3) is 4.98. The zero-order chi connectivity index (χ0) is 12.0. The summed E-state index contributed by atoms with van der Waals surface area (Å²) in [5.41, 5.74) is 1.08. The minimum absolute atomic E-state index is 0.143. The summed E-state index contributed by atoms with van der Waals surface area (Å²) in [6, 6.07) is 7.63. The van der Waals surface area contributed by atoms with Gasteiger partial charge in [0.15, 0.2) is 0 Å². The first-order valence-electron chi connectivity index (χ1n) is 5.01. The lowest BCUT2D eigenvalue weighted by Crippen LogP contribution is -2.10. The normalized spacial score (nSPS) is 9.88. The molecule has 16 heavy (non-hydrogen) atoms. The average molecular weight is 238 g/mol. The van der Waals surface area contributed by atoms with Crippen molar-refractivity contribution in [2.24, 2.45) is 0 Å².